The van der Waals surface area contributed by atoms with Crippen LogP contribution >= 0.6 is 11.9 Å². The van der Waals surface area contributed by atoms with E-state index in [1.165, 1.54) is 5.56 Å². The fourth-order valence-corrected chi connectivity index (χ4v) is 3.68. The Morgan fingerprint density at radius 1 is 1.00 bits per heavy atom. The number of hydrogen-bond donors (Lipinski definition) is 1. The van der Waals surface area contributed by atoms with E-state index >= 15 is 0 Å². The van der Waals surface area contributed by atoms with Crippen LogP contribution in [0.4, 0.5) is 0 Å². The molecule has 0 saturated carbocycles. The topological polar surface area (TPSA) is 34.0 Å². The molecule has 0 unspecified atom stereocenters. The van der Waals surface area contributed by atoms with E-state index in [4.69, 9.17) is 0 Å². The molecule has 0 amide bonds. The molecule has 0 bridgehead atoms. The van der Waals surface area contributed by atoms with E-state index in [0.717, 1.165) is 27.9 Å². The van der Waals surface area contributed by atoms with Crippen molar-refractivity contribution in [2.75, 3.05) is 6.54 Å². The SMILES string of the molecule is O=C1CNCc2cccc3c2c1cn3Sc1ccccc1. The number of rotatable bonds is 2. The molecule has 1 aliphatic rings. The molecule has 0 saturated heterocycles. The molecular formula is C17H14N2OS. The summed E-state index contributed by atoms with van der Waals surface area (Å²) >= 11 is 1.64. The fraction of sp³-hybridized carbons (Fsp3) is 0.118. The van der Waals surface area contributed by atoms with Crippen LogP contribution in [0.1, 0.15) is 15.9 Å². The van der Waals surface area contributed by atoms with Crippen molar-refractivity contribution in [3.8, 4) is 0 Å². The van der Waals surface area contributed by atoms with Crippen LogP contribution < -0.4 is 5.32 Å². The Morgan fingerprint density at radius 3 is 2.71 bits per heavy atom. The van der Waals surface area contributed by atoms with Gasteiger partial charge in [0.1, 0.15) is 0 Å². The molecule has 0 atom stereocenters. The molecule has 0 fully saturated rings. The van der Waals surface area contributed by atoms with E-state index in [0.29, 0.717) is 6.54 Å². The third kappa shape index (κ3) is 2.17. The molecule has 4 heteroatoms. The van der Waals surface area contributed by atoms with Crippen LogP contribution in [0.3, 0.4) is 0 Å². The fourth-order valence-electron chi connectivity index (χ4n) is 2.77. The smallest absolute Gasteiger partial charge is 0.178 e. The highest BCUT2D eigenvalue weighted by Gasteiger charge is 2.20. The minimum Gasteiger partial charge on any atom is -0.306 e. The van der Waals surface area contributed by atoms with Crippen molar-refractivity contribution in [3.05, 3.63) is 65.9 Å². The van der Waals surface area contributed by atoms with E-state index in [2.05, 4.69) is 39.6 Å². The van der Waals surface area contributed by atoms with E-state index in [1.807, 2.05) is 24.4 Å². The first-order valence-corrected chi connectivity index (χ1v) is 7.70. The Balaban J connectivity index is 1.90. The maximum absolute atomic E-state index is 12.3. The first-order valence-electron chi connectivity index (χ1n) is 6.93. The van der Waals surface area contributed by atoms with Gasteiger partial charge in [0.25, 0.3) is 0 Å². The summed E-state index contributed by atoms with van der Waals surface area (Å²) in [5.41, 5.74) is 3.13. The van der Waals surface area contributed by atoms with Crippen molar-refractivity contribution in [2.24, 2.45) is 0 Å². The largest absolute Gasteiger partial charge is 0.306 e. The second kappa shape index (κ2) is 5.06. The summed E-state index contributed by atoms with van der Waals surface area (Å²) in [6.07, 6.45) is 1.97. The van der Waals surface area contributed by atoms with Gasteiger partial charge in [-0.2, -0.15) is 0 Å². The van der Waals surface area contributed by atoms with Crippen LogP contribution in [0, 0.1) is 0 Å². The molecule has 1 aliphatic heterocycles. The molecule has 1 aromatic heterocycles. The highest BCUT2D eigenvalue weighted by molar-refractivity contribution is 7.98. The zero-order valence-electron chi connectivity index (χ0n) is 11.4. The number of benzene rings is 2. The van der Waals surface area contributed by atoms with Gasteiger partial charge in [-0.25, -0.2) is 0 Å². The number of Topliss-reactive ketones (excluding diaryl/α,β-unsaturated/α-hetero) is 1. The Kier molecular flexibility index (Phi) is 3.05. The van der Waals surface area contributed by atoms with Crippen LogP contribution in [0.2, 0.25) is 0 Å². The normalized spacial score (nSPS) is 14.4. The Labute approximate surface area is 127 Å². The van der Waals surface area contributed by atoms with Gasteiger partial charge < -0.3 is 5.32 Å². The third-order valence-corrected chi connectivity index (χ3v) is 4.71. The highest BCUT2D eigenvalue weighted by atomic mass is 32.2. The number of carbonyl (C=O) groups is 1. The van der Waals surface area contributed by atoms with Crippen molar-refractivity contribution in [1.29, 1.82) is 0 Å². The molecule has 0 radical (unpaired) electrons. The standard InChI is InChI=1S/C17H14N2OS/c20-16-10-18-9-12-5-4-8-15-17(12)14(16)11-19(15)21-13-6-2-1-3-7-13/h1-8,11,18H,9-10H2. The van der Waals surface area contributed by atoms with Crippen LogP contribution in [0.25, 0.3) is 10.9 Å². The van der Waals surface area contributed by atoms with Gasteiger partial charge in [-0.3, -0.25) is 8.77 Å². The lowest BCUT2D eigenvalue weighted by Gasteiger charge is -2.06. The van der Waals surface area contributed by atoms with Gasteiger partial charge >= 0.3 is 0 Å². The van der Waals surface area contributed by atoms with Gasteiger partial charge in [0, 0.05) is 28.6 Å². The molecule has 3 nitrogen and oxygen atoms in total. The van der Waals surface area contributed by atoms with Crippen LogP contribution in [-0.2, 0) is 6.54 Å². The first kappa shape index (κ1) is 12.7. The second-order valence-electron chi connectivity index (χ2n) is 5.11. The average Bonchev–Trinajstić information content (AvgIpc) is 2.79. The number of carbonyl (C=O) groups excluding carboxylic acids is 1. The van der Waals surface area contributed by atoms with Crippen molar-refractivity contribution in [3.63, 3.8) is 0 Å². The summed E-state index contributed by atoms with van der Waals surface area (Å²) in [5.74, 6) is 0.164. The van der Waals surface area contributed by atoms with Gasteiger partial charge in [0.15, 0.2) is 5.78 Å². The minimum atomic E-state index is 0.164. The first-order chi connectivity index (χ1) is 10.3. The molecule has 0 spiro atoms. The Hall–Kier alpha value is -2.04. The lowest BCUT2D eigenvalue weighted by molar-refractivity contribution is 0.0994. The van der Waals surface area contributed by atoms with Crippen molar-refractivity contribution < 1.29 is 4.79 Å². The van der Waals surface area contributed by atoms with Gasteiger partial charge in [0.05, 0.1) is 12.1 Å². The van der Waals surface area contributed by atoms with E-state index in [-0.39, 0.29) is 5.78 Å². The molecule has 3 aromatic rings. The quantitative estimate of drug-likeness (QED) is 0.785. The van der Waals surface area contributed by atoms with Gasteiger partial charge in [-0.15, -0.1) is 0 Å². The average molecular weight is 294 g/mol. The Bertz CT molecular complexity index is 823. The number of aromatic nitrogens is 1. The summed E-state index contributed by atoms with van der Waals surface area (Å²) in [5, 5.41) is 4.29. The monoisotopic (exact) mass is 294 g/mol. The maximum Gasteiger partial charge on any atom is 0.178 e. The number of hydrogen-bond acceptors (Lipinski definition) is 3. The predicted molar refractivity (Wildman–Crippen MR) is 85.7 cm³/mol. The molecule has 2 aromatic carbocycles. The molecule has 21 heavy (non-hydrogen) atoms. The maximum atomic E-state index is 12.3. The molecule has 2 heterocycles. The van der Waals surface area contributed by atoms with Crippen molar-refractivity contribution in [2.45, 2.75) is 11.4 Å². The van der Waals surface area contributed by atoms with E-state index in [9.17, 15) is 4.79 Å². The third-order valence-electron chi connectivity index (χ3n) is 3.73. The van der Waals surface area contributed by atoms with Crippen LogP contribution in [-0.4, -0.2) is 16.3 Å². The number of nitrogens with zero attached hydrogens (tertiary/aromatic N) is 1. The van der Waals surface area contributed by atoms with Crippen LogP contribution in [0.15, 0.2) is 59.6 Å². The van der Waals surface area contributed by atoms with Crippen LogP contribution in [0.5, 0.6) is 0 Å². The van der Waals surface area contributed by atoms with Gasteiger partial charge in [-0.1, -0.05) is 30.3 Å². The molecular weight excluding hydrogens is 280 g/mol. The summed E-state index contributed by atoms with van der Waals surface area (Å²) in [7, 11) is 0. The molecule has 1 N–H and O–H groups in total. The summed E-state index contributed by atoms with van der Waals surface area (Å²) in [4.78, 5) is 13.4. The zero-order chi connectivity index (χ0) is 14.2. The molecule has 104 valence electrons. The zero-order valence-corrected chi connectivity index (χ0v) is 12.2. The molecule has 4 rings (SSSR count). The van der Waals surface area contributed by atoms with Gasteiger partial charge in [-0.05, 0) is 35.7 Å². The second-order valence-corrected chi connectivity index (χ2v) is 6.16. The summed E-state index contributed by atoms with van der Waals surface area (Å²) in [6.45, 7) is 1.15. The minimum absolute atomic E-state index is 0.164. The van der Waals surface area contributed by atoms with Gasteiger partial charge in [0.2, 0.25) is 0 Å². The van der Waals surface area contributed by atoms with E-state index < -0.39 is 0 Å². The molecule has 0 aliphatic carbocycles. The Morgan fingerprint density at radius 2 is 1.86 bits per heavy atom. The number of ketones is 1. The summed E-state index contributed by atoms with van der Waals surface area (Å²) in [6, 6.07) is 16.4. The number of nitrogens with one attached hydrogen (secondary N) is 1. The van der Waals surface area contributed by atoms with Crippen molar-refractivity contribution in [1.82, 2.24) is 9.29 Å². The highest BCUT2D eigenvalue weighted by Crippen LogP contribution is 2.32. The lowest BCUT2D eigenvalue weighted by Crippen LogP contribution is -2.19. The van der Waals surface area contributed by atoms with E-state index in [1.54, 1.807) is 11.9 Å². The predicted octanol–water partition coefficient (Wildman–Crippen LogP) is 3.48. The lowest BCUT2D eigenvalue weighted by atomic mass is 10.1. The van der Waals surface area contributed by atoms with Crippen molar-refractivity contribution >= 4 is 28.6 Å². The summed E-state index contributed by atoms with van der Waals surface area (Å²) < 4.78 is 2.10.